The molecule has 31 heavy (non-hydrogen) atoms. The Kier molecular flexibility index (Phi) is 4.22. The molecule has 3 aromatic rings. The number of hydrogen-bond donors (Lipinski definition) is 1. The standard InChI is InChI=1S/C24H21N3O4/c1-4-31-14-9-7-8-13(12-14)17-18-20(15-10-5-6-11-16(15)21(18)28)25-22-19(17)23(29)27(3)24(30)26(22)2/h5-12,17,25H,4H2,1-3H3/t17-/m0/s1. The number of hydrogen-bond acceptors (Lipinski definition) is 5. The third kappa shape index (κ3) is 2.63. The molecule has 1 aliphatic heterocycles. The molecule has 0 unspecified atom stereocenters. The minimum Gasteiger partial charge on any atom is -0.494 e. The van der Waals surface area contributed by atoms with E-state index in [2.05, 4.69) is 5.32 Å². The number of nitrogens with one attached hydrogen (secondary N) is 1. The lowest BCUT2D eigenvalue weighted by molar-refractivity contribution is 0.103. The van der Waals surface area contributed by atoms with Crippen LogP contribution in [0.15, 0.2) is 63.7 Å². The van der Waals surface area contributed by atoms with E-state index in [1.165, 1.54) is 11.6 Å². The molecule has 2 aliphatic rings. The lowest BCUT2D eigenvalue weighted by Gasteiger charge is -2.29. The minimum absolute atomic E-state index is 0.119. The highest BCUT2D eigenvalue weighted by molar-refractivity contribution is 6.23. The third-order valence-corrected chi connectivity index (χ3v) is 5.98. The molecule has 0 radical (unpaired) electrons. The largest absolute Gasteiger partial charge is 0.494 e. The topological polar surface area (TPSA) is 82.3 Å². The van der Waals surface area contributed by atoms with E-state index >= 15 is 0 Å². The maximum absolute atomic E-state index is 13.5. The highest BCUT2D eigenvalue weighted by atomic mass is 16.5. The lowest BCUT2D eigenvalue weighted by Crippen LogP contribution is -2.42. The van der Waals surface area contributed by atoms with Crippen LogP contribution in [0.2, 0.25) is 0 Å². The second kappa shape index (κ2) is 6.84. The molecule has 7 nitrogen and oxygen atoms in total. The maximum Gasteiger partial charge on any atom is 0.332 e. The van der Waals surface area contributed by atoms with Gasteiger partial charge < -0.3 is 10.1 Å². The minimum atomic E-state index is -0.628. The number of benzene rings is 2. The summed E-state index contributed by atoms with van der Waals surface area (Å²) in [6.45, 7) is 2.40. The van der Waals surface area contributed by atoms with Crippen LogP contribution in [-0.4, -0.2) is 21.5 Å². The van der Waals surface area contributed by atoms with Crippen molar-refractivity contribution in [2.45, 2.75) is 12.8 Å². The number of Topliss-reactive ketones (excluding diaryl/α,β-unsaturated/α-hetero) is 1. The zero-order chi connectivity index (χ0) is 21.9. The van der Waals surface area contributed by atoms with Gasteiger partial charge in [0.1, 0.15) is 11.6 Å². The molecule has 2 heterocycles. The van der Waals surface area contributed by atoms with Gasteiger partial charge in [-0.2, -0.15) is 0 Å². The number of nitrogens with zero attached hydrogens (tertiary/aromatic N) is 2. The molecule has 2 aromatic carbocycles. The van der Waals surface area contributed by atoms with Crippen molar-refractivity contribution in [2.24, 2.45) is 14.1 Å². The average molecular weight is 415 g/mol. The molecule has 0 saturated heterocycles. The first-order valence-electron chi connectivity index (χ1n) is 10.1. The van der Waals surface area contributed by atoms with Crippen LogP contribution in [0.25, 0.3) is 5.70 Å². The quantitative estimate of drug-likeness (QED) is 0.711. The van der Waals surface area contributed by atoms with Crippen molar-refractivity contribution in [3.8, 4) is 5.75 Å². The van der Waals surface area contributed by atoms with Gasteiger partial charge in [-0.3, -0.25) is 18.7 Å². The molecular formula is C24H21N3O4. The Hall–Kier alpha value is -3.87. The van der Waals surface area contributed by atoms with E-state index in [1.807, 2.05) is 49.4 Å². The molecular weight excluding hydrogens is 394 g/mol. The normalized spacial score (nSPS) is 16.5. The predicted molar refractivity (Wildman–Crippen MR) is 118 cm³/mol. The number of ether oxygens (including phenoxy) is 1. The van der Waals surface area contributed by atoms with E-state index in [0.29, 0.717) is 40.6 Å². The molecule has 1 aliphatic carbocycles. The smallest absolute Gasteiger partial charge is 0.332 e. The predicted octanol–water partition coefficient (Wildman–Crippen LogP) is 2.65. The fraction of sp³-hybridized carbons (Fsp3) is 0.208. The molecule has 5 rings (SSSR count). The average Bonchev–Trinajstić information content (AvgIpc) is 3.07. The van der Waals surface area contributed by atoms with E-state index < -0.39 is 17.2 Å². The summed E-state index contributed by atoms with van der Waals surface area (Å²) >= 11 is 0. The number of ketones is 1. The Bertz CT molecular complexity index is 1410. The summed E-state index contributed by atoms with van der Waals surface area (Å²) in [6.07, 6.45) is 0. The van der Waals surface area contributed by atoms with Gasteiger partial charge in [-0.25, -0.2) is 4.79 Å². The van der Waals surface area contributed by atoms with Gasteiger partial charge in [0.15, 0.2) is 5.78 Å². The molecule has 1 aromatic heterocycles. The first-order chi connectivity index (χ1) is 14.9. The molecule has 0 saturated carbocycles. The number of rotatable bonds is 3. The molecule has 0 spiro atoms. The second-order valence-corrected chi connectivity index (χ2v) is 7.69. The summed E-state index contributed by atoms with van der Waals surface area (Å²) in [6, 6.07) is 14.8. The SMILES string of the molecule is CCOc1cccc([C@H]2C3=C(Nc4c2c(=O)n(C)c(=O)n4C)c2ccccc2C3=O)c1. The number of carbonyl (C=O) groups excluding carboxylic acids is 1. The highest BCUT2D eigenvalue weighted by Gasteiger charge is 2.42. The fourth-order valence-electron chi connectivity index (χ4n) is 4.54. The van der Waals surface area contributed by atoms with Crippen LogP contribution in [0.4, 0.5) is 5.82 Å². The number of carbonyl (C=O) groups is 1. The van der Waals surface area contributed by atoms with Crippen molar-refractivity contribution in [1.82, 2.24) is 9.13 Å². The van der Waals surface area contributed by atoms with Crippen molar-refractivity contribution < 1.29 is 9.53 Å². The number of anilines is 1. The van der Waals surface area contributed by atoms with Crippen LogP contribution < -0.4 is 21.3 Å². The van der Waals surface area contributed by atoms with E-state index in [0.717, 1.165) is 15.7 Å². The van der Waals surface area contributed by atoms with Gasteiger partial charge >= 0.3 is 5.69 Å². The number of allylic oxidation sites excluding steroid dienone is 1. The number of aromatic nitrogens is 2. The van der Waals surface area contributed by atoms with Gasteiger partial charge in [-0.05, 0) is 24.6 Å². The Balaban J connectivity index is 1.85. The third-order valence-electron chi connectivity index (χ3n) is 5.98. The van der Waals surface area contributed by atoms with Crippen LogP contribution in [0.5, 0.6) is 5.75 Å². The molecule has 1 atom stereocenters. The van der Waals surface area contributed by atoms with E-state index in [4.69, 9.17) is 4.74 Å². The Morgan fingerprint density at radius 3 is 2.45 bits per heavy atom. The summed E-state index contributed by atoms with van der Waals surface area (Å²) in [5.41, 5.74) is 2.79. The van der Waals surface area contributed by atoms with Crippen LogP contribution in [0, 0.1) is 0 Å². The lowest BCUT2D eigenvalue weighted by atomic mass is 9.81. The van der Waals surface area contributed by atoms with Crippen molar-refractivity contribution in [3.05, 3.63) is 97.2 Å². The number of fused-ring (bicyclic) bond motifs is 3. The van der Waals surface area contributed by atoms with Crippen LogP contribution in [-0.2, 0) is 14.1 Å². The summed E-state index contributed by atoms with van der Waals surface area (Å²) < 4.78 is 8.17. The second-order valence-electron chi connectivity index (χ2n) is 7.69. The van der Waals surface area contributed by atoms with Crippen LogP contribution in [0.3, 0.4) is 0 Å². The summed E-state index contributed by atoms with van der Waals surface area (Å²) in [5, 5.41) is 3.24. The monoisotopic (exact) mass is 415 g/mol. The first-order valence-corrected chi connectivity index (χ1v) is 10.1. The van der Waals surface area contributed by atoms with Gasteiger partial charge in [0, 0.05) is 36.7 Å². The summed E-state index contributed by atoms with van der Waals surface area (Å²) in [5.74, 6) is 0.318. The van der Waals surface area contributed by atoms with Gasteiger partial charge in [-0.15, -0.1) is 0 Å². The van der Waals surface area contributed by atoms with E-state index in [-0.39, 0.29) is 5.78 Å². The zero-order valence-electron chi connectivity index (χ0n) is 17.4. The van der Waals surface area contributed by atoms with Crippen molar-refractivity contribution in [2.75, 3.05) is 11.9 Å². The summed E-state index contributed by atoms with van der Waals surface area (Å²) in [7, 11) is 3.07. The van der Waals surface area contributed by atoms with Crippen LogP contribution in [0.1, 0.15) is 39.9 Å². The van der Waals surface area contributed by atoms with Gasteiger partial charge in [0.2, 0.25) is 0 Å². The molecule has 0 amide bonds. The molecule has 1 N–H and O–H groups in total. The fourth-order valence-corrected chi connectivity index (χ4v) is 4.54. The molecule has 0 fully saturated rings. The van der Waals surface area contributed by atoms with Gasteiger partial charge in [0.05, 0.1) is 17.9 Å². The summed E-state index contributed by atoms with van der Waals surface area (Å²) in [4.78, 5) is 39.4. The zero-order valence-corrected chi connectivity index (χ0v) is 17.4. The van der Waals surface area contributed by atoms with E-state index in [9.17, 15) is 14.4 Å². The van der Waals surface area contributed by atoms with Crippen molar-refractivity contribution >= 4 is 17.3 Å². The Labute approximate surface area is 178 Å². The maximum atomic E-state index is 13.5. The van der Waals surface area contributed by atoms with Crippen molar-refractivity contribution in [3.63, 3.8) is 0 Å². The highest BCUT2D eigenvalue weighted by Crippen LogP contribution is 2.48. The van der Waals surface area contributed by atoms with Gasteiger partial charge in [-0.1, -0.05) is 36.4 Å². The van der Waals surface area contributed by atoms with Crippen LogP contribution >= 0.6 is 0 Å². The van der Waals surface area contributed by atoms with Crippen molar-refractivity contribution in [1.29, 1.82) is 0 Å². The Morgan fingerprint density at radius 2 is 1.71 bits per heavy atom. The molecule has 156 valence electrons. The molecule has 0 bridgehead atoms. The van der Waals surface area contributed by atoms with E-state index in [1.54, 1.807) is 13.1 Å². The Morgan fingerprint density at radius 1 is 0.968 bits per heavy atom. The van der Waals surface area contributed by atoms with Gasteiger partial charge in [0.25, 0.3) is 5.56 Å². The first kappa shape index (κ1) is 19.1. The molecule has 7 heteroatoms.